The third-order valence-electron chi connectivity index (χ3n) is 7.06. The average molecular weight is 391 g/mol. The molecule has 0 fully saturated rings. The van der Waals surface area contributed by atoms with Gasteiger partial charge in [-0.2, -0.15) is 0 Å². The van der Waals surface area contributed by atoms with E-state index in [0.717, 1.165) is 61.6 Å². The molecule has 28 heavy (non-hydrogen) atoms. The number of hydrogen-bond donors (Lipinski definition) is 1. The third kappa shape index (κ3) is 4.18. The molecule has 2 aliphatic carbocycles. The van der Waals surface area contributed by atoms with Gasteiger partial charge in [0, 0.05) is 5.41 Å². The van der Waals surface area contributed by atoms with Crippen molar-refractivity contribution in [3.8, 4) is 0 Å². The van der Waals surface area contributed by atoms with Crippen LogP contribution in [0.1, 0.15) is 115 Å². The average Bonchev–Trinajstić information content (AvgIpc) is 3.17. The van der Waals surface area contributed by atoms with E-state index in [4.69, 9.17) is 0 Å². The molecule has 2 aliphatic rings. The summed E-state index contributed by atoms with van der Waals surface area (Å²) in [4.78, 5) is 0. The van der Waals surface area contributed by atoms with Gasteiger partial charge in [-0.05, 0) is 72.8 Å². The van der Waals surface area contributed by atoms with Crippen molar-refractivity contribution in [1.29, 1.82) is 0 Å². The van der Waals surface area contributed by atoms with Crippen molar-refractivity contribution in [1.82, 2.24) is 0 Å². The molecule has 160 valence electrons. The molecular formula is C26H43FO. The Balaban J connectivity index is 0.000000500. The van der Waals surface area contributed by atoms with Gasteiger partial charge in [0.2, 0.25) is 0 Å². The van der Waals surface area contributed by atoms with E-state index in [2.05, 4.69) is 41.5 Å². The summed E-state index contributed by atoms with van der Waals surface area (Å²) in [6.07, 6.45) is 11.9. The van der Waals surface area contributed by atoms with Crippen LogP contribution in [0.5, 0.6) is 0 Å². The molecule has 0 heterocycles. The second-order valence-corrected chi connectivity index (χ2v) is 9.66. The van der Waals surface area contributed by atoms with E-state index in [1.165, 1.54) is 24.8 Å². The van der Waals surface area contributed by atoms with Crippen LogP contribution in [-0.2, 0) is 24.9 Å². The van der Waals surface area contributed by atoms with Gasteiger partial charge in [-0.25, -0.2) is 4.39 Å². The van der Waals surface area contributed by atoms with Crippen LogP contribution in [0.4, 0.5) is 4.39 Å². The minimum absolute atomic E-state index is 0.0867. The standard InChI is InChI=1S/C21H31FO.C5H12/c1-5-8-15(9-6-2)21(23)19-16-11-7-10-14(16)12-18(22)17(19)13-20(21,3)4;1-3-5-4-2/h12,15,23H,5-11,13H2,1-4H3;3-5H2,1-2H3. The number of fused-ring (bicyclic) bond motifs is 3. The molecule has 0 radical (unpaired) electrons. The first kappa shape index (κ1) is 23.4. The summed E-state index contributed by atoms with van der Waals surface area (Å²) in [5, 5.41) is 12.0. The van der Waals surface area contributed by atoms with Crippen LogP contribution >= 0.6 is 0 Å². The highest BCUT2D eigenvalue weighted by atomic mass is 19.1. The normalized spacial score (nSPS) is 22.0. The lowest BCUT2D eigenvalue weighted by Crippen LogP contribution is -2.45. The molecule has 0 aromatic heterocycles. The second-order valence-electron chi connectivity index (χ2n) is 9.66. The van der Waals surface area contributed by atoms with Crippen molar-refractivity contribution in [3.05, 3.63) is 34.1 Å². The smallest absolute Gasteiger partial charge is 0.127 e. The molecular weight excluding hydrogens is 347 g/mol. The molecule has 0 saturated heterocycles. The summed E-state index contributed by atoms with van der Waals surface area (Å²) < 4.78 is 14.8. The zero-order chi connectivity index (χ0) is 20.9. The maximum absolute atomic E-state index is 14.8. The Morgan fingerprint density at radius 2 is 1.57 bits per heavy atom. The lowest BCUT2D eigenvalue weighted by molar-refractivity contribution is -0.113. The lowest BCUT2D eigenvalue weighted by atomic mass is 9.65. The van der Waals surface area contributed by atoms with Crippen molar-refractivity contribution in [3.63, 3.8) is 0 Å². The molecule has 1 aromatic rings. The largest absolute Gasteiger partial charge is 0.384 e. The van der Waals surface area contributed by atoms with E-state index in [1.54, 1.807) is 6.07 Å². The topological polar surface area (TPSA) is 20.2 Å². The highest BCUT2D eigenvalue weighted by Crippen LogP contribution is 2.58. The summed E-state index contributed by atoms with van der Waals surface area (Å²) in [7, 11) is 0. The minimum Gasteiger partial charge on any atom is -0.384 e. The molecule has 0 spiro atoms. The Morgan fingerprint density at radius 3 is 2.07 bits per heavy atom. The molecule has 1 nitrogen and oxygen atoms in total. The molecule has 3 rings (SSSR count). The minimum atomic E-state index is -0.884. The highest BCUT2D eigenvalue weighted by molar-refractivity contribution is 5.52. The van der Waals surface area contributed by atoms with Crippen LogP contribution in [-0.4, -0.2) is 5.11 Å². The Labute approximate surface area is 173 Å². The SMILES string of the molecule is CCCC(CCC)C1(O)c2c(c(F)cc3c2CCC3)CC1(C)C.CCCCC. The van der Waals surface area contributed by atoms with Crippen LogP contribution in [0.3, 0.4) is 0 Å². The fourth-order valence-corrected chi connectivity index (χ4v) is 5.67. The van der Waals surface area contributed by atoms with Crippen LogP contribution in [0.2, 0.25) is 0 Å². The quantitative estimate of drug-likeness (QED) is 0.511. The van der Waals surface area contributed by atoms with Crippen LogP contribution in [0.25, 0.3) is 0 Å². The van der Waals surface area contributed by atoms with E-state index < -0.39 is 5.60 Å². The Hall–Kier alpha value is -0.890. The molecule has 1 N–H and O–H groups in total. The monoisotopic (exact) mass is 390 g/mol. The molecule has 1 unspecified atom stereocenters. The zero-order valence-electron chi connectivity index (χ0n) is 19.3. The van der Waals surface area contributed by atoms with Gasteiger partial charge in [-0.3, -0.25) is 0 Å². The van der Waals surface area contributed by atoms with Crippen LogP contribution < -0.4 is 0 Å². The van der Waals surface area contributed by atoms with Gasteiger partial charge >= 0.3 is 0 Å². The molecule has 0 amide bonds. The van der Waals surface area contributed by atoms with E-state index in [9.17, 15) is 9.50 Å². The highest BCUT2D eigenvalue weighted by Gasteiger charge is 2.57. The number of unbranched alkanes of at least 4 members (excludes halogenated alkanes) is 2. The summed E-state index contributed by atoms with van der Waals surface area (Å²) in [6, 6.07) is 1.75. The summed E-state index contributed by atoms with van der Waals surface area (Å²) in [5.41, 5.74) is 3.02. The summed E-state index contributed by atoms with van der Waals surface area (Å²) in [5.74, 6) is 0.136. The number of rotatable bonds is 7. The number of aryl methyl sites for hydroxylation is 1. The van der Waals surface area contributed by atoms with Crippen molar-refractivity contribution in [2.45, 2.75) is 118 Å². The van der Waals surface area contributed by atoms with Gasteiger partial charge < -0.3 is 5.11 Å². The van der Waals surface area contributed by atoms with E-state index >= 15 is 0 Å². The first-order chi connectivity index (χ1) is 13.3. The van der Waals surface area contributed by atoms with E-state index in [1.807, 2.05) is 0 Å². The van der Waals surface area contributed by atoms with Crippen molar-refractivity contribution in [2.75, 3.05) is 0 Å². The van der Waals surface area contributed by atoms with Gasteiger partial charge in [0.25, 0.3) is 0 Å². The maximum atomic E-state index is 14.8. The number of benzene rings is 1. The van der Waals surface area contributed by atoms with Crippen molar-refractivity contribution >= 4 is 0 Å². The molecule has 2 heteroatoms. The van der Waals surface area contributed by atoms with Crippen molar-refractivity contribution < 1.29 is 9.50 Å². The number of hydrogen-bond acceptors (Lipinski definition) is 1. The van der Waals surface area contributed by atoms with Crippen LogP contribution in [0, 0.1) is 17.2 Å². The number of halogens is 1. The van der Waals surface area contributed by atoms with Gasteiger partial charge in [0.05, 0.1) is 5.60 Å². The summed E-state index contributed by atoms with van der Waals surface area (Å²) in [6.45, 7) is 13.1. The van der Waals surface area contributed by atoms with Crippen LogP contribution in [0.15, 0.2) is 6.07 Å². The first-order valence-electron chi connectivity index (χ1n) is 11.8. The third-order valence-corrected chi connectivity index (χ3v) is 7.06. The predicted molar refractivity (Wildman–Crippen MR) is 118 cm³/mol. The predicted octanol–water partition coefficient (Wildman–Crippen LogP) is 7.50. The lowest BCUT2D eigenvalue weighted by Gasteiger charge is -2.44. The summed E-state index contributed by atoms with van der Waals surface area (Å²) >= 11 is 0. The Bertz CT molecular complexity index is 640. The second kappa shape index (κ2) is 9.74. The van der Waals surface area contributed by atoms with Gasteiger partial charge in [0.1, 0.15) is 5.82 Å². The fourth-order valence-electron chi connectivity index (χ4n) is 5.67. The molecule has 0 saturated carbocycles. The van der Waals surface area contributed by atoms with Crippen molar-refractivity contribution in [2.24, 2.45) is 11.3 Å². The fraction of sp³-hybridized carbons (Fsp3) is 0.769. The molecule has 0 aliphatic heterocycles. The number of aliphatic hydroxyl groups is 1. The van der Waals surface area contributed by atoms with E-state index in [-0.39, 0.29) is 17.2 Å². The Kier molecular flexibility index (Phi) is 8.14. The van der Waals surface area contributed by atoms with E-state index in [0.29, 0.717) is 6.42 Å². The van der Waals surface area contributed by atoms with Gasteiger partial charge in [0.15, 0.2) is 0 Å². The van der Waals surface area contributed by atoms with Gasteiger partial charge in [-0.15, -0.1) is 0 Å². The first-order valence-corrected chi connectivity index (χ1v) is 11.8. The van der Waals surface area contributed by atoms with Gasteiger partial charge in [-0.1, -0.05) is 73.6 Å². The molecule has 0 bridgehead atoms. The zero-order valence-corrected chi connectivity index (χ0v) is 19.3. The molecule has 1 atom stereocenters. The Morgan fingerprint density at radius 1 is 0.964 bits per heavy atom. The molecule has 1 aromatic carbocycles. The maximum Gasteiger partial charge on any atom is 0.127 e.